The largest absolute Gasteiger partial charge is 0.117 e. The number of rotatable bonds is 3. The minimum Gasteiger partial charge on any atom is -0.117 e. The van der Waals surface area contributed by atoms with Crippen molar-refractivity contribution >= 4 is 50.7 Å². The second kappa shape index (κ2) is 6.29. The van der Waals surface area contributed by atoms with Crippen LogP contribution in [0.25, 0.3) is 0 Å². The summed E-state index contributed by atoms with van der Waals surface area (Å²) in [4.78, 5) is 0. The summed E-state index contributed by atoms with van der Waals surface area (Å²) >= 11 is 21.8. The summed E-state index contributed by atoms with van der Waals surface area (Å²) in [6, 6.07) is 13.4. The van der Waals surface area contributed by atoms with Crippen molar-refractivity contribution in [2.75, 3.05) is 0 Å². The second-order valence-corrected chi connectivity index (χ2v) is 6.22. The predicted molar refractivity (Wildman–Crippen MR) is 82.9 cm³/mol. The molecule has 0 saturated heterocycles. The lowest BCUT2D eigenvalue weighted by Gasteiger charge is -2.12. The van der Waals surface area contributed by atoms with Crippen molar-refractivity contribution in [1.29, 1.82) is 0 Å². The number of hydrogen-bond donors (Lipinski definition) is 0. The minimum atomic E-state index is -0.116. The van der Waals surface area contributed by atoms with Gasteiger partial charge in [-0.3, -0.25) is 0 Å². The van der Waals surface area contributed by atoms with Crippen molar-refractivity contribution in [2.24, 2.45) is 0 Å². The average molecular weight is 364 g/mol. The zero-order valence-electron chi connectivity index (χ0n) is 9.34. The summed E-state index contributed by atoms with van der Waals surface area (Å²) in [5, 5.41) is 1.30. The fourth-order valence-corrected chi connectivity index (χ4v) is 3.41. The van der Waals surface area contributed by atoms with Crippen LogP contribution in [0.1, 0.15) is 16.5 Å². The first-order valence-corrected chi connectivity index (χ1v) is 7.38. The molecule has 0 radical (unpaired) electrons. The maximum atomic E-state index is 6.43. The lowest BCUT2D eigenvalue weighted by molar-refractivity contribution is 0.915. The van der Waals surface area contributed by atoms with Gasteiger partial charge >= 0.3 is 0 Å². The van der Waals surface area contributed by atoms with Crippen LogP contribution in [0.15, 0.2) is 46.9 Å². The normalized spacial score (nSPS) is 12.4. The third-order valence-electron chi connectivity index (χ3n) is 2.60. The smallest absolute Gasteiger partial charge is 0.0636 e. The third-order valence-corrected chi connectivity index (χ3v) is 4.15. The highest BCUT2D eigenvalue weighted by Gasteiger charge is 2.12. The Hall–Kier alpha value is -0.210. The van der Waals surface area contributed by atoms with Crippen LogP contribution in [0.2, 0.25) is 10.0 Å². The fraction of sp³-hybridized carbons (Fsp3) is 0.143. The molecule has 2 aromatic rings. The van der Waals surface area contributed by atoms with E-state index in [1.807, 2.05) is 42.5 Å². The van der Waals surface area contributed by atoms with Gasteiger partial charge in [0.1, 0.15) is 0 Å². The van der Waals surface area contributed by atoms with Gasteiger partial charge in [-0.05, 0) is 41.8 Å². The number of halogens is 4. The zero-order valence-corrected chi connectivity index (χ0v) is 13.2. The Morgan fingerprint density at radius 2 is 1.72 bits per heavy atom. The molecule has 0 spiro atoms. The van der Waals surface area contributed by atoms with Crippen LogP contribution in [0.3, 0.4) is 0 Å². The molecule has 0 aliphatic carbocycles. The number of alkyl halides is 1. The van der Waals surface area contributed by atoms with Crippen molar-refractivity contribution in [3.05, 3.63) is 68.1 Å². The third kappa shape index (κ3) is 3.64. The fourth-order valence-electron chi connectivity index (χ4n) is 1.74. The van der Waals surface area contributed by atoms with Crippen LogP contribution in [0.4, 0.5) is 0 Å². The molecule has 2 rings (SSSR count). The highest BCUT2D eigenvalue weighted by molar-refractivity contribution is 9.10. The molecule has 0 aliphatic rings. The molecule has 2 aromatic carbocycles. The first-order valence-electron chi connectivity index (χ1n) is 5.40. The summed E-state index contributed by atoms with van der Waals surface area (Å²) < 4.78 is 0.928. The molecule has 0 saturated carbocycles. The zero-order chi connectivity index (χ0) is 13.1. The Morgan fingerprint density at radius 1 is 1.00 bits per heavy atom. The Labute approximate surface area is 130 Å². The van der Waals surface area contributed by atoms with Gasteiger partial charge in [-0.15, -0.1) is 11.6 Å². The molecular weight excluding hydrogens is 354 g/mol. The van der Waals surface area contributed by atoms with Gasteiger partial charge in [0.15, 0.2) is 0 Å². The molecule has 0 N–H and O–H groups in total. The quantitative estimate of drug-likeness (QED) is 0.562. The Bertz CT molecular complexity index is 554. The van der Waals surface area contributed by atoms with Gasteiger partial charge in [-0.2, -0.15) is 0 Å². The van der Waals surface area contributed by atoms with E-state index >= 15 is 0 Å². The molecule has 1 unspecified atom stereocenters. The molecule has 94 valence electrons. The SMILES string of the molecule is Clc1cccc(CC(Cl)c2ccc(Cl)cc2Br)c1. The predicted octanol–water partition coefficient (Wildman–Crippen LogP) is 6.28. The van der Waals surface area contributed by atoms with E-state index in [1.54, 1.807) is 0 Å². The number of hydrogen-bond acceptors (Lipinski definition) is 0. The molecule has 0 nitrogen and oxygen atoms in total. The summed E-state index contributed by atoms with van der Waals surface area (Å²) in [6.07, 6.45) is 0.725. The lowest BCUT2D eigenvalue weighted by atomic mass is 10.0. The van der Waals surface area contributed by atoms with E-state index in [-0.39, 0.29) is 5.38 Å². The van der Waals surface area contributed by atoms with Crippen LogP contribution in [0.5, 0.6) is 0 Å². The standard InChI is InChI=1S/C14H10BrCl3/c15-13-8-11(17)4-5-12(13)14(18)7-9-2-1-3-10(16)6-9/h1-6,8,14H,7H2. The van der Waals surface area contributed by atoms with E-state index in [0.29, 0.717) is 5.02 Å². The first kappa shape index (κ1) is 14.2. The van der Waals surface area contributed by atoms with Gasteiger partial charge in [0.2, 0.25) is 0 Å². The first-order chi connectivity index (χ1) is 8.56. The molecule has 1 atom stereocenters. The van der Waals surface area contributed by atoms with Crippen LogP contribution < -0.4 is 0 Å². The summed E-state index contributed by atoms with van der Waals surface area (Å²) in [7, 11) is 0. The van der Waals surface area contributed by atoms with Gasteiger partial charge < -0.3 is 0 Å². The van der Waals surface area contributed by atoms with Crippen molar-refractivity contribution < 1.29 is 0 Å². The van der Waals surface area contributed by atoms with Crippen molar-refractivity contribution in [3.8, 4) is 0 Å². The maximum Gasteiger partial charge on any atom is 0.0636 e. The maximum absolute atomic E-state index is 6.43. The van der Waals surface area contributed by atoms with Gasteiger partial charge in [0, 0.05) is 14.5 Å². The van der Waals surface area contributed by atoms with Gasteiger partial charge in [0.05, 0.1) is 5.38 Å². The van der Waals surface area contributed by atoms with Crippen LogP contribution in [-0.2, 0) is 6.42 Å². The Kier molecular flexibility index (Phi) is 4.97. The minimum absolute atomic E-state index is 0.116. The van der Waals surface area contributed by atoms with E-state index < -0.39 is 0 Å². The monoisotopic (exact) mass is 362 g/mol. The summed E-state index contributed by atoms with van der Waals surface area (Å²) in [5.41, 5.74) is 2.14. The average Bonchev–Trinajstić information content (AvgIpc) is 2.28. The summed E-state index contributed by atoms with van der Waals surface area (Å²) in [5.74, 6) is 0. The van der Waals surface area contributed by atoms with Crippen molar-refractivity contribution in [1.82, 2.24) is 0 Å². The van der Waals surface area contributed by atoms with Crippen LogP contribution in [0, 0.1) is 0 Å². The Balaban J connectivity index is 2.19. The van der Waals surface area contributed by atoms with Gasteiger partial charge in [-0.25, -0.2) is 0 Å². The second-order valence-electron chi connectivity index (χ2n) is 3.97. The highest BCUT2D eigenvalue weighted by atomic mass is 79.9. The van der Waals surface area contributed by atoms with E-state index in [2.05, 4.69) is 15.9 Å². The molecule has 4 heteroatoms. The van der Waals surface area contributed by atoms with E-state index in [0.717, 1.165) is 27.0 Å². The van der Waals surface area contributed by atoms with Crippen molar-refractivity contribution in [2.45, 2.75) is 11.8 Å². The van der Waals surface area contributed by atoms with Gasteiger partial charge in [-0.1, -0.05) is 57.3 Å². The summed E-state index contributed by atoms with van der Waals surface area (Å²) in [6.45, 7) is 0. The molecule has 0 bridgehead atoms. The Morgan fingerprint density at radius 3 is 2.39 bits per heavy atom. The molecular formula is C14H10BrCl3. The number of benzene rings is 2. The van der Waals surface area contributed by atoms with E-state index in [4.69, 9.17) is 34.8 Å². The van der Waals surface area contributed by atoms with Crippen molar-refractivity contribution in [3.63, 3.8) is 0 Å². The van der Waals surface area contributed by atoms with E-state index in [1.165, 1.54) is 0 Å². The molecule has 18 heavy (non-hydrogen) atoms. The molecule has 0 heterocycles. The van der Waals surface area contributed by atoms with Crippen LogP contribution >= 0.6 is 50.7 Å². The molecule has 0 aliphatic heterocycles. The van der Waals surface area contributed by atoms with Gasteiger partial charge in [0.25, 0.3) is 0 Å². The molecule has 0 fully saturated rings. The molecule has 0 amide bonds. The van der Waals surface area contributed by atoms with Crippen LogP contribution in [-0.4, -0.2) is 0 Å². The molecule has 0 aromatic heterocycles. The lowest BCUT2D eigenvalue weighted by Crippen LogP contribution is -1.97. The van der Waals surface area contributed by atoms with E-state index in [9.17, 15) is 0 Å². The highest BCUT2D eigenvalue weighted by Crippen LogP contribution is 2.33. The topological polar surface area (TPSA) is 0 Å².